The molecule has 4 aliphatic rings. The molecule has 0 amide bonds. The molecule has 0 aromatic carbocycles. The minimum atomic E-state index is 0.538. The van der Waals surface area contributed by atoms with E-state index in [4.69, 9.17) is 4.74 Å². The highest BCUT2D eigenvalue weighted by atomic mass is 16.5. The van der Waals surface area contributed by atoms with Crippen LogP contribution in [0.4, 0.5) is 0 Å². The molecule has 3 aliphatic heterocycles. The Hall–Kier alpha value is -0.120. The van der Waals surface area contributed by atoms with Gasteiger partial charge in [0.25, 0.3) is 0 Å². The summed E-state index contributed by atoms with van der Waals surface area (Å²) < 4.78 is 5.52. The number of nitrogens with zero attached hydrogens (tertiary/aromatic N) is 2. The van der Waals surface area contributed by atoms with E-state index in [2.05, 4.69) is 30.6 Å². The van der Waals surface area contributed by atoms with Crippen LogP contribution in [-0.4, -0.2) is 61.3 Å². The van der Waals surface area contributed by atoms with Gasteiger partial charge in [0.1, 0.15) is 0 Å². The fourth-order valence-corrected chi connectivity index (χ4v) is 5.96. The van der Waals surface area contributed by atoms with E-state index in [-0.39, 0.29) is 0 Å². The van der Waals surface area contributed by atoms with Gasteiger partial charge in [-0.2, -0.15) is 0 Å². The van der Waals surface area contributed by atoms with Gasteiger partial charge in [-0.15, -0.1) is 0 Å². The third-order valence-corrected chi connectivity index (χ3v) is 7.45. The topological polar surface area (TPSA) is 15.7 Å². The molecule has 3 nitrogen and oxygen atoms in total. The fraction of sp³-hybridized carbons (Fsp3) is 1.00. The average Bonchev–Trinajstić information content (AvgIpc) is 2.91. The Bertz CT molecular complexity index is 425. The lowest BCUT2D eigenvalue weighted by atomic mass is 9.60. The van der Waals surface area contributed by atoms with Crippen LogP contribution in [0.15, 0.2) is 0 Å². The molecule has 1 unspecified atom stereocenters. The largest absolute Gasteiger partial charge is 0.380 e. The van der Waals surface area contributed by atoms with Gasteiger partial charge in [-0.1, -0.05) is 0 Å². The Kier molecular flexibility index (Phi) is 4.26. The standard InChI is InChI=1S/C20H36N2O/c1-16(2)21-8-6-19(12-21)10-18(11-19)9-17(3)22-7-4-5-20(13-22)14-23-15-20/h16-18H,4-15H2,1-3H3. The van der Waals surface area contributed by atoms with Gasteiger partial charge in [0.05, 0.1) is 13.2 Å². The first kappa shape index (κ1) is 16.4. The maximum absolute atomic E-state index is 5.52. The second-order valence-corrected chi connectivity index (χ2v) is 9.74. The molecule has 132 valence electrons. The summed E-state index contributed by atoms with van der Waals surface area (Å²) in [5.41, 5.74) is 1.25. The van der Waals surface area contributed by atoms with Crippen molar-refractivity contribution in [1.82, 2.24) is 9.80 Å². The summed E-state index contributed by atoms with van der Waals surface area (Å²) >= 11 is 0. The number of hydrogen-bond donors (Lipinski definition) is 0. The molecule has 4 fully saturated rings. The third-order valence-electron chi connectivity index (χ3n) is 7.45. The van der Waals surface area contributed by atoms with Crippen molar-refractivity contribution in [3.8, 4) is 0 Å². The van der Waals surface area contributed by atoms with Gasteiger partial charge in [-0.05, 0) is 83.7 Å². The molecule has 3 saturated heterocycles. The van der Waals surface area contributed by atoms with Crippen molar-refractivity contribution in [1.29, 1.82) is 0 Å². The lowest BCUT2D eigenvalue weighted by molar-refractivity contribution is -0.149. The van der Waals surface area contributed by atoms with Crippen LogP contribution in [-0.2, 0) is 4.74 Å². The van der Waals surface area contributed by atoms with Gasteiger partial charge in [0.2, 0.25) is 0 Å². The molecule has 0 radical (unpaired) electrons. The molecule has 23 heavy (non-hydrogen) atoms. The Morgan fingerprint density at radius 2 is 1.70 bits per heavy atom. The predicted octanol–water partition coefficient (Wildman–Crippen LogP) is 3.39. The normalized spacial score (nSPS) is 38.9. The van der Waals surface area contributed by atoms with E-state index >= 15 is 0 Å². The maximum Gasteiger partial charge on any atom is 0.0557 e. The van der Waals surface area contributed by atoms with Crippen molar-refractivity contribution in [2.45, 2.75) is 71.4 Å². The third kappa shape index (κ3) is 3.09. The highest BCUT2D eigenvalue weighted by Gasteiger charge is 2.49. The summed E-state index contributed by atoms with van der Waals surface area (Å²) in [6.07, 6.45) is 8.67. The Morgan fingerprint density at radius 3 is 2.30 bits per heavy atom. The van der Waals surface area contributed by atoms with Crippen molar-refractivity contribution >= 4 is 0 Å². The molecule has 0 aromatic rings. The highest BCUT2D eigenvalue weighted by molar-refractivity contribution is 5.01. The van der Waals surface area contributed by atoms with Gasteiger partial charge >= 0.3 is 0 Å². The van der Waals surface area contributed by atoms with Gasteiger partial charge < -0.3 is 9.64 Å². The fourth-order valence-electron chi connectivity index (χ4n) is 5.96. The van der Waals surface area contributed by atoms with Crippen LogP contribution in [0, 0.1) is 16.7 Å². The SMILES string of the molecule is CC(C)N1CCC2(CC(CC(C)N3CCCC4(COC4)C3)C2)C1. The van der Waals surface area contributed by atoms with Crippen molar-refractivity contribution < 1.29 is 4.74 Å². The summed E-state index contributed by atoms with van der Waals surface area (Å²) in [7, 11) is 0. The summed E-state index contributed by atoms with van der Waals surface area (Å²) in [6.45, 7) is 14.6. The van der Waals surface area contributed by atoms with Crippen LogP contribution in [0.25, 0.3) is 0 Å². The van der Waals surface area contributed by atoms with Gasteiger partial charge in [0, 0.05) is 30.6 Å². The zero-order valence-electron chi connectivity index (χ0n) is 15.5. The van der Waals surface area contributed by atoms with Crippen LogP contribution in [0.1, 0.15) is 59.3 Å². The van der Waals surface area contributed by atoms with Crippen molar-refractivity contribution in [2.24, 2.45) is 16.7 Å². The van der Waals surface area contributed by atoms with Crippen molar-refractivity contribution in [3.63, 3.8) is 0 Å². The molecule has 0 aromatic heterocycles. The Labute approximate surface area is 142 Å². The minimum absolute atomic E-state index is 0.538. The molecule has 0 N–H and O–H groups in total. The quantitative estimate of drug-likeness (QED) is 0.790. The second kappa shape index (κ2) is 6.00. The molecule has 1 aliphatic carbocycles. The van der Waals surface area contributed by atoms with E-state index in [0.29, 0.717) is 10.8 Å². The van der Waals surface area contributed by atoms with Crippen LogP contribution >= 0.6 is 0 Å². The smallest absolute Gasteiger partial charge is 0.0557 e. The molecular formula is C20H36N2O. The zero-order valence-corrected chi connectivity index (χ0v) is 15.5. The summed E-state index contributed by atoms with van der Waals surface area (Å²) in [4.78, 5) is 5.48. The van der Waals surface area contributed by atoms with E-state index in [1.807, 2.05) is 0 Å². The number of rotatable bonds is 4. The number of ether oxygens (including phenoxy) is 1. The summed E-state index contributed by atoms with van der Waals surface area (Å²) in [5, 5.41) is 0. The molecule has 4 rings (SSSR count). The van der Waals surface area contributed by atoms with Crippen LogP contribution < -0.4 is 0 Å². The predicted molar refractivity (Wildman–Crippen MR) is 94.6 cm³/mol. The first-order valence-electron chi connectivity index (χ1n) is 10.1. The first-order valence-corrected chi connectivity index (χ1v) is 10.1. The number of piperidine rings is 1. The maximum atomic E-state index is 5.52. The van der Waals surface area contributed by atoms with E-state index in [0.717, 1.165) is 31.2 Å². The van der Waals surface area contributed by atoms with E-state index in [1.54, 1.807) is 0 Å². The van der Waals surface area contributed by atoms with E-state index < -0.39 is 0 Å². The van der Waals surface area contributed by atoms with Gasteiger partial charge in [-0.25, -0.2) is 0 Å². The van der Waals surface area contributed by atoms with Crippen molar-refractivity contribution in [2.75, 3.05) is 39.4 Å². The van der Waals surface area contributed by atoms with Gasteiger partial charge in [-0.3, -0.25) is 4.90 Å². The molecular weight excluding hydrogens is 284 g/mol. The Balaban J connectivity index is 1.24. The Morgan fingerprint density at radius 1 is 0.957 bits per heavy atom. The van der Waals surface area contributed by atoms with Crippen LogP contribution in [0.2, 0.25) is 0 Å². The highest BCUT2D eigenvalue weighted by Crippen LogP contribution is 2.53. The average molecular weight is 321 g/mol. The zero-order chi connectivity index (χ0) is 16.1. The number of hydrogen-bond acceptors (Lipinski definition) is 3. The van der Waals surface area contributed by atoms with Crippen LogP contribution in [0.3, 0.4) is 0 Å². The van der Waals surface area contributed by atoms with Crippen molar-refractivity contribution in [3.05, 3.63) is 0 Å². The summed E-state index contributed by atoms with van der Waals surface area (Å²) in [5.74, 6) is 0.993. The van der Waals surface area contributed by atoms with Crippen LogP contribution in [0.5, 0.6) is 0 Å². The molecule has 1 atom stereocenters. The molecule has 2 spiro atoms. The first-order chi connectivity index (χ1) is 11.0. The molecule has 1 saturated carbocycles. The molecule has 3 heteroatoms. The molecule has 3 heterocycles. The molecule has 0 bridgehead atoms. The number of likely N-dealkylation sites (tertiary alicyclic amines) is 2. The van der Waals surface area contributed by atoms with E-state index in [9.17, 15) is 0 Å². The summed E-state index contributed by atoms with van der Waals surface area (Å²) in [6, 6.07) is 1.51. The minimum Gasteiger partial charge on any atom is -0.380 e. The van der Waals surface area contributed by atoms with E-state index in [1.165, 1.54) is 64.7 Å². The lowest BCUT2D eigenvalue weighted by Crippen LogP contribution is -2.56. The lowest BCUT2D eigenvalue weighted by Gasteiger charge is -2.51. The van der Waals surface area contributed by atoms with Gasteiger partial charge in [0.15, 0.2) is 0 Å². The monoisotopic (exact) mass is 320 g/mol. The second-order valence-electron chi connectivity index (χ2n) is 9.74.